The highest BCUT2D eigenvalue weighted by Crippen LogP contribution is 1.67. The first-order chi connectivity index (χ1) is 3.77. The van der Waals surface area contributed by atoms with E-state index in [-0.39, 0.29) is 7.85 Å². The third-order valence-corrected chi connectivity index (χ3v) is 0.599. The molecule has 3 N–H and O–H groups in total. The zero-order valence-corrected chi connectivity index (χ0v) is 4.39. The molecule has 4 heteroatoms. The molecule has 0 aromatic heterocycles. The lowest BCUT2D eigenvalue weighted by Crippen LogP contribution is -2.20. The normalized spacial score (nSPS) is 8.00. The summed E-state index contributed by atoms with van der Waals surface area (Å²) in [6, 6.07) is 0. The van der Waals surface area contributed by atoms with Gasteiger partial charge in [-0.05, 0) is 0 Å². The molecule has 0 saturated carbocycles. The Morgan fingerprint density at radius 2 is 2.50 bits per heavy atom. The van der Waals surface area contributed by atoms with Gasteiger partial charge in [0.25, 0.3) is 0 Å². The fourth-order valence-electron chi connectivity index (χ4n) is 0.254. The first-order valence-electron chi connectivity index (χ1n) is 2.22. The van der Waals surface area contributed by atoms with Crippen molar-refractivity contribution in [1.82, 2.24) is 5.32 Å². The van der Waals surface area contributed by atoms with Gasteiger partial charge in [-0.15, -0.1) is 0 Å². The van der Waals surface area contributed by atoms with Crippen molar-refractivity contribution in [1.29, 1.82) is 0 Å². The van der Waals surface area contributed by atoms with Crippen LogP contribution in [0.15, 0.2) is 0 Å². The first kappa shape index (κ1) is 6.94. The van der Waals surface area contributed by atoms with Crippen LogP contribution in [0, 0.1) is 0 Å². The molecule has 0 aliphatic heterocycles. The molecule has 0 unspecified atom stereocenters. The molecule has 0 fully saturated rings. The predicted octanol–water partition coefficient (Wildman–Crippen LogP) is -1.28. The van der Waals surface area contributed by atoms with E-state index >= 15 is 0 Å². The predicted molar refractivity (Wildman–Crippen MR) is 29.0 cm³/mol. The van der Waals surface area contributed by atoms with Gasteiger partial charge >= 0.3 is 1.43 Å². The molecule has 0 aromatic rings. The van der Waals surface area contributed by atoms with Crippen LogP contribution < -0.4 is 11.1 Å². The van der Waals surface area contributed by atoms with Crippen LogP contribution in [-0.4, -0.2) is 18.9 Å². The summed E-state index contributed by atoms with van der Waals surface area (Å²) in [6.45, 7) is 0.332. The van der Waals surface area contributed by atoms with Gasteiger partial charge in [-0.25, -0.2) is 0 Å². The van der Waals surface area contributed by atoms with Crippen molar-refractivity contribution in [2.45, 2.75) is 6.42 Å². The monoisotopic (exact) mass is 117 g/mol. The molecule has 0 rings (SSSR count). The quantitative estimate of drug-likeness (QED) is 0.355. The summed E-state index contributed by atoms with van der Waals surface area (Å²) in [5, 5.41) is 2.30. The molecule has 0 radical (unpaired) electrons. The van der Waals surface area contributed by atoms with Crippen LogP contribution in [0.4, 0.5) is 0 Å². The van der Waals surface area contributed by atoms with Gasteiger partial charge in [0, 0.05) is 13.0 Å². The van der Waals surface area contributed by atoms with Crippen LogP contribution in [0.25, 0.3) is 0 Å². The van der Waals surface area contributed by atoms with Gasteiger partial charge in [-0.3, -0.25) is 9.59 Å². The third kappa shape index (κ3) is 4.94. The minimum Gasteiger partial charge on any atom is -0.370 e. The smallest absolute Gasteiger partial charge is 0.370 e. The fourth-order valence-corrected chi connectivity index (χ4v) is 0.254. The second kappa shape index (κ2) is 4.11. The molecule has 2 amide bonds. The molecule has 8 heavy (non-hydrogen) atoms. The highest BCUT2D eigenvalue weighted by molar-refractivity contribution is 5.74. The summed E-state index contributed by atoms with van der Waals surface area (Å²) >= 11 is 0. The van der Waals surface area contributed by atoms with E-state index in [1.54, 1.807) is 0 Å². The van der Waals surface area contributed by atoms with Crippen molar-refractivity contribution in [2.75, 3.05) is 6.54 Å². The molecule has 4 nitrogen and oxygen atoms in total. The lowest BCUT2D eigenvalue weighted by atomic mass is 10.4. The molecule has 0 atom stereocenters. The number of carbonyl (C=O) groups excluding carboxylic acids is 2. The molecule has 0 heterocycles. The molecule has 0 bridgehead atoms. The van der Waals surface area contributed by atoms with Crippen LogP contribution in [0.3, 0.4) is 0 Å². The van der Waals surface area contributed by atoms with Crippen molar-refractivity contribution in [3.63, 3.8) is 0 Å². The van der Waals surface area contributed by atoms with Crippen LogP contribution in [0.1, 0.15) is 7.85 Å². The van der Waals surface area contributed by atoms with E-state index in [1.807, 2.05) is 0 Å². The summed E-state index contributed by atoms with van der Waals surface area (Å²) in [6.07, 6.45) is 0.738. The van der Waals surface area contributed by atoms with Crippen molar-refractivity contribution < 1.29 is 11.0 Å². The van der Waals surface area contributed by atoms with Gasteiger partial charge < -0.3 is 11.1 Å². The van der Waals surface area contributed by atoms with E-state index in [0.29, 0.717) is 13.0 Å². The van der Waals surface area contributed by atoms with E-state index < -0.39 is 5.91 Å². The van der Waals surface area contributed by atoms with Crippen LogP contribution >= 0.6 is 0 Å². The molecular weight excluding hydrogens is 108 g/mol. The van der Waals surface area contributed by atoms with Gasteiger partial charge in [0.1, 0.15) is 0 Å². The summed E-state index contributed by atoms with van der Waals surface area (Å²) < 4.78 is 0. The van der Waals surface area contributed by atoms with Gasteiger partial charge in [-0.1, -0.05) is 0 Å². The number of nitrogens with two attached hydrogens (primary N) is 1. The Labute approximate surface area is 48.5 Å². The average molecular weight is 117 g/mol. The van der Waals surface area contributed by atoms with Crippen molar-refractivity contribution in [3.8, 4) is 0 Å². The zero-order chi connectivity index (χ0) is 6.41. The Balaban J connectivity index is 0. The molecule has 0 spiro atoms. The lowest BCUT2D eigenvalue weighted by molar-refractivity contribution is -0.118. The van der Waals surface area contributed by atoms with Crippen LogP contribution in [0.2, 0.25) is 0 Å². The van der Waals surface area contributed by atoms with E-state index in [4.69, 9.17) is 5.73 Å². The Kier molecular flexibility index (Phi) is 3.56. The lowest BCUT2D eigenvalue weighted by Gasteiger charge is -1.90. The standard InChI is InChI=1S/C4H8N2O2/c5-4(8)1-2-6-3-7/h3H,1-2H2,(H2,5,8)(H,6,7)/p+1. The van der Waals surface area contributed by atoms with E-state index in [1.165, 1.54) is 0 Å². The van der Waals surface area contributed by atoms with Gasteiger partial charge in [0.2, 0.25) is 12.3 Å². The minimum atomic E-state index is -0.403. The van der Waals surface area contributed by atoms with Crippen molar-refractivity contribution in [3.05, 3.63) is 0 Å². The Morgan fingerprint density at radius 3 is 2.88 bits per heavy atom. The van der Waals surface area contributed by atoms with Crippen LogP contribution in [-0.2, 0) is 9.59 Å². The molecule has 0 aliphatic rings. The van der Waals surface area contributed by atoms with Crippen LogP contribution in [0.5, 0.6) is 0 Å². The molecule has 0 aromatic carbocycles. The summed E-state index contributed by atoms with van der Waals surface area (Å²) in [4.78, 5) is 19.5. The van der Waals surface area contributed by atoms with Gasteiger partial charge in [0.05, 0.1) is 0 Å². The second-order valence-corrected chi connectivity index (χ2v) is 1.29. The van der Waals surface area contributed by atoms with Crippen molar-refractivity contribution in [2.24, 2.45) is 5.73 Å². The average Bonchev–Trinajstić information content (AvgIpc) is 1.66. The number of hydrogen-bond acceptors (Lipinski definition) is 2. The summed E-state index contributed by atoms with van der Waals surface area (Å²) in [5.74, 6) is -0.403. The maximum absolute atomic E-state index is 9.94. The molecule has 0 aliphatic carbocycles. The molecule has 0 saturated heterocycles. The van der Waals surface area contributed by atoms with Crippen molar-refractivity contribution >= 4 is 12.3 Å². The SMILES string of the molecule is NC(=O)CCNC=O.[H+]. The van der Waals surface area contributed by atoms with E-state index in [2.05, 4.69) is 5.32 Å². The minimum absolute atomic E-state index is 0. The Morgan fingerprint density at radius 1 is 1.88 bits per heavy atom. The number of nitrogens with one attached hydrogen (secondary N) is 1. The summed E-state index contributed by atoms with van der Waals surface area (Å²) in [7, 11) is 0. The first-order valence-corrected chi connectivity index (χ1v) is 2.22. The van der Waals surface area contributed by atoms with Gasteiger partial charge in [-0.2, -0.15) is 0 Å². The number of primary amides is 1. The highest BCUT2D eigenvalue weighted by Gasteiger charge is 1.89. The van der Waals surface area contributed by atoms with Gasteiger partial charge in [0.15, 0.2) is 0 Å². The van der Waals surface area contributed by atoms with E-state index in [9.17, 15) is 9.59 Å². The topological polar surface area (TPSA) is 72.2 Å². The fraction of sp³-hybridized carbons (Fsp3) is 0.500. The number of amides is 2. The Bertz CT molecular complexity index is 96.6. The number of rotatable bonds is 4. The number of carbonyl (C=O) groups is 2. The second-order valence-electron chi connectivity index (χ2n) is 1.29. The maximum Gasteiger partial charge on any atom is 1.00 e. The zero-order valence-electron chi connectivity index (χ0n) is 5.39. The molecular formula is C4H9N2O2+. The summed E-state index contributed by atoms with van der Waals surface area (Å²) in [5.41, 5.74) is 4.74. The Hall–Kier alpha value is -1.06. The third-order valence-electron chi connectivity index (χ3n) is 0.599. The largest absolute Gasteiger partial charge is 1.00 e. The maximum atomic E-state index is 9.94. The van der Waals surface area contributed by atoms with E-state index in [0.717, 1.165) is 0 Å². The highest BCUT2D eigenvalue weighted by atomic mass is 16.1. The molecule has 46 valence electrons. The number of hydrogen-bond donors (Lipinski definition) is 2.